The first-order valence-corrected chi connectivity index (χ1v) is 25.7. The quantitative estimate of drug-likeness (QED) is 0.0335. The molecular formula is C50H83N4O15P. The number of aliphatic hydroxyl groups excluding tert-OH is 5. The minimum absolute atomic E-state index is 0.0581. The minimum atomic E-state index is -5.15. The number of hydrogen-bond donors (Lipinski definition) is 8. The van der Waals surface area contributed by atoms with E-state index in [0.717, 1.165) is 11.1 Å². The smallest absolute Gasteiger partial charge is 0.448 e. The molecule has 2 saturated heterocycles. The van der Waals surface area contributed by atoms with E-state index in [2.05, 4.69) is 17.2 Å². The molecule has 3 heterocycles. The van der Waals surface area contributed by atoms with Crippen molar-refractivity contribution in [3.63, 3.8) is 0 Å². The molecule has 0 aliphatic carbocycles. The molecule has 1 aromatic heterocycles. The van der Waals surface area contributed by atoms with Crippen molar-refractivity contribution in [2.75, 3.05) is 41.5 Å². The number of carbonyl (C=O) groups excluding carboxylic acids is 1. The Morgan fingerprint density at radius 3 is 2.36 bits per heavy atom. The molecule has 0 saturated carbocycles. The predicted molar refractivity (Wildman–Crippen MR) is 262 cm³/mol. The molecule has 16 unspecified atom stereocenters. The van der Waals surface area contributed by atoms with E-state index in [0.29, 0.717) is 24.4 Å². The Labute approximate surface area is 414 Å². The summed E-state index contributed by atoms with van der Waals surface area (Å²) in [4.78, 5) is 39.2. The average molecular weight is 1010 g/mol. The van der Waals surface area contributed by atoms with Crippen LogP contribution in [0.4, 0.5) is 0 Å². The summed E-state index contributed by atoms with van der Waals surface area (Å²) in [5, 5.41) is 67.2. The molecule has 19 nitrogen and oxygen atoms in total. The second-order valence-corrected chi connectivity index (χ2v) is 21.5. The zero-order valence-electron chi connectivity index (χ0n) is 43.3. The number of oxazole rings is 1. The van der Waals surface area contributed by atoms with Crippen molar-refractivity contribution in [2.45, 2.75) is 167 Å². The van der Waals surface area contributed by atoms with Gasteiger partial charge in [-0.1, -0.05) is 78.3 Å². The van der Waals surface area contributed by atoms with Crippen LogP contribution in [0.1, 0.15) is 112 Å². The number of nitriles is 1. The Morgan fingerprint density at radius 1 is 1.09 bits per heavy atom. The Kier molecular flexibility index (Phi) is 23.8. The zero-order valence-corrected chi connectivity index (χ0v) is 44.2. The number of methoxy groups -OCH3 is 2. The second-order valence-electron chi connectivity index (χ2n) is 20.3. The topological polar surface area (TPSA) is 287 Å². The summed E-state index contributed by atoms with van der Waals surface area (Å²) in [5.41, 5.74) is 1.13. The van der Waals surface area contributed by atoms with E-state index in [4.69, 9.17) is 33.2 Å². The van der Waals surface area contributed by atoms with Crippen LogP contribution in [-0.2, 0) is 32.8 Å². The molecule has 8 N–H and O–H groups in total. The number of likely N-dealkylation sites (N-methyl/N-ethyl adjacent to an activating group) is 1. The Morgan fingerprint density at radius 2 is 1.76 bits per heavy atom. The molecule has 0 bridgehead atoms. The fourth-order valence-electron chi connectivity index (χ4n) is 9.30. The van der Waals surface area contributed by atoms with Crippen LogP contribution in [0.15, 0.2) is 52.2 Å². The van der Waals surface area contributed by atoms with Crippen LogP contribution in [0, 0.1) is 40.4 Å². The summed E-state index contributed by atoms with van der Waals surface area (Å²) < 4.78 is 48.2. The molecular weight excluding hydrogens is 928 g/mol. The van der Waals surface area contributed by atoms with Gasteiger partial charge in [-0.25, -0.2) is 9.55 Å². The lowest BCUT2D eigenvalue weighted by molar-refractivity contribution is -0.334. The molecule has 2 aliphatic heterocycles. The standard InChI is InChI=1S/C50H83N4O15P/c1-29(20-22-51)16-14-17-30(2)32(4)24-33(5)42(57)35(7)38(55)25-41(65-13)45-46(69-70(61,62)63)49(8,9)50(68-45)26-39(56)34(6)40(67-50)19-15-18-36-27-66-48(53-36)31(3)21-23-52-47(60)44(59)43(58)37(28-64-12)54(10)11/h14-18,20,27,31-35,37-46,55-59H,19,21,23-26,28H2,1-13H3,(H,52,60)(H2,61,62,63). The SMILES string of the molecule is COCC(C(O)C(O)C(=O)NCCC(C)c1nc(C=CCC2OC3(CC(O)C2C)OC(C(CC(O)C(C)C(O)C(C)CC(C)C(C)=CC=CC(C)=CC#N)OC)C(OP(=O)(O)O)C3(C)C)co1)N(C)C. The number of aromatic nitrogens is 1. The second kappa shape index (κ2) is 27.2. The first-order chi connectivity index (χ1) is 32.6. The van der Waals surface area contributed by atoms with Gasteiger partial charge in [-0.3, -0.25) is 9.32 Å². The molecule has 1 aromatic rings. The molecule has 2 fully saturated rings. The number of allylic oxidation sites excluding steroid dienone is 6. The summed E-state index contributed by atoms with van der Waals surface area (Å²) in [5.74, 6) is -3.30. The first-order valence-electron chi connectivity index (χ1n) is 24.1. The van der Waals surface area contributed by atoms with Crippen molar-refractivity contribution in [2.24, 2.45) is 29.1 Å². The number of hydrogen-bond acceptors (Lipinski definition) is 16. The number of phosphoric acid groups is 1. The van der Waals surface area contributed by atoms with Crippen molar-refractivity contribution in [3.8, 4) is 6.07 Å². The number of aliphatic hydroxyl groups is 5. The van der Waals surface area contributed by atoms with Gasteiger partial charge in [0.15, 0.2) is 17.8 Å². The number of carbonyl (C=O) groups is 1. The van der Waals surface area contributed by atoms with Crippen molar-refractivity contribution >= 4 is 19.8 Å². The van der Waals surface area contributed by atoms with Gasteiger partial charge in [0.25, 0.3) is 5.91 Å². The highest BCUT2D eigenvalue weighted by Crippen LogP contribution is 2.59. The molecule has 2 aliphatic rings. The molecule has 398 valence electrons. The summed E-state index contributed by atoms with van der Waals surface area (Å²) in [7, 11) is 1.14. The van der Waals surface area contributed by atoms with Crippen LogP contribution in [0.3, 0.4) is 0 Å². The molecule has 3 rings (SSSR count). The maximum atomic E-state index is 12.6. The number of nitrogens with one attached hydrogen (secondary N) is 1. The van der Waals surface area contributed by atoms with Gasteiger partial charge in [-0.05, 0) is 70.7 Å². The number of ether oxygens (including phenoxy) is 4. The highest BCUT2D eigenvalue weighted by atomic mass is 31.2. The van der Waals surface area contributed by atoms with Crippen LogP contribution >= 0.6 is 7.82 Å². The van der Waals surface area contributed by atoms with Crippen molar-refractivity contribution in [3.05, 3.63) is 59.4 Å². The molecule has 16 atom stereocenters. The average Bonchev–Trinajstić information content (AvgIpc) is 3.84. The normalized spacial score (nSPS) is 27.8. The molecule has 20 heteroatoms. The third-order valence-corrected chi connectivity index (χ3v) is 15.0. The van der Waals surface area contributed by atoms with Crippen molar-refractivity contribution in [1.29, 1.82) is 5.26 Å². The number of phosphoric ester groups is 1. The van der Waals surface area contributed by atoms with Crippen LogP contribution in [-0.4, -0.2) is 159 Å². The van der Waals surface area contributed by atoms with E-state index in [1.54, 1.807) is 45.8 Å². The van der Waals surface area contributed by atoms with E-state index in [-0.39, 0.29) is 50.2 Å². The van der Waals surface area contributed by atoms with Gasteiger partial charge >= 0.3 is 7.82 Å². The molecule has 0 radical (unpaired) electrons. The summed E-state index contributed by atoms with van der Waals surface area (Å²) in [6.07, 6.45) is 3.17. The number of rotatable bonds is 27. The molecule has 70 heavy (non-hydrogen) atoms. The van der Waals surface area contributed by atoms with E-state index in [1.165, 1.54) is 26.6 Å². The van der Waals surface area contributed by atoms with Gasteiger partial charge < -0.3 is 68.9 Å². The monoisotopic (exact) mass is 1010 g/mol. The van der Waals surface area contributed by atoms with Crippen molar-refractivity contribution in [1.82, 2.24) is 15.2 Å². The number of nitrogens with zero attached hydrogens (tertiary/aromatic N) is 3. The summed E-state index contributed by atoms with van der Waals surface area (Å²) in [6.45, 7) is 16.9. The van der Waals surface area contributed by atoms with Gasteiger partial charge in [0.1, 0.15) is 30.3 Å². The largest absolute Gasteiger partial charge is 0.469 e. The molecule has 0 aromatic carbocycles. The fourth-order valence-corrected chi connectivity index (χ4v) is 9.98. The molecule has 1 spiro atoms. The Balaban J connectivity index is 1.72. The van der Waals surface area contributed by atoms with Gasteiger partial charge in [-0.15, -0.1) is 0 Å². The number of amides is 1. The lowest BCUT2D eigenvalue weighted by Crippen LogP contribution is -2.58. The third-order valence-electron chi connectivity index (χ3n) is 14.4. The van der Waals surface area contributed by atoms with Gasteiger partial charge in [0.05, 0.1) is 49.2 Å². The van der Waals surface area contributed by atoms with Crippen molar-refractivity contribution < 1.29 is 72.6 Å². The van der Waals surface area contributed by atoms with Crippen LogP contribution in [0.25, 0.3) is 6.08 Å². The fraction of sp³-hybridized carbons (Fsp3) is 0.740. The maximum Gasteiger partial charge on any atom is 0.469 e. The minimum Gasteiger partial charge on any atom is -0.448 e. The van der Waals surface area contributed by atoms with E-state index in [9.17, 15) is 44.7 Å². The zero-order chi connectivity index (χ0) is 52.9. The van der Waals surface area contributed by atoms with Gasteiger partial charge in [0, 0.05) is 62.9 Å². The van der Waals surface area contributed by atoms with E-state index >= 15 is 0 Å². The third kappa shape index (κ3) is 16.4. The van der Waals surface area contributed by atoms with Gasteiger partial charge in [-0.2, -0.15) is 5.26 Å². The highest BCUT2D eigenvalue weighted by Gasteiger charge is 2.68. The predicted octanol–water partition coefficient (Wildman–Crippen LogP) is 4.77. The van der Waals surface area contributed by atoms with Gasteiger partial charge in [0.2, 0.25) is 0 Å². The van der Waals surface area contributed by atoms with Crippen LogP contribution in [0.5, 0.6) is 0 Å². The summed E-state index contributed by atoms with van der Waals surface area (Å²) in [6, 6.07) is 1.41. The summed E-state index contributed by atoms with van der Waals surface area (Å²) >= 11 is 0. The molecule has 1 amide bonds. The van der Waals surface area contributed by atoms with E-state index < -0.39 is 97.7 Å². The highest BCUT2D eigenvalue weighted by molar-refractivity contribution is 7.46. The Hall–Kier alpha value is -3.16. The van der Waals surface area contributed by atoms with E-state index in [1.807, 2.05) is 65.0 Å². The Bertz CT molecular complexity index is 2010. The lowest BCUT2D eigenvalue weighted by Gasteiger charge is -2.50. The van der Waals surface area contributed by atoms with Crippen LogP contribution < -0.4 is 5.32 Å². The lowest BCUT2D eigenvalue weighted by atomic mass is 9.72. The maximum absolute atomic E-state index is 12.6. The first kappa shape index (κ1) is 61.1. The van der Waals surface area contributed by atoms with Crippen LogP contribution in [0.2, 0.25) is 0 Å².